The fraction of sp³-hybridized carbons (Fsp3) is 0.600. The van der Waals surface area contributed by atoms with E-state index in [0.717, 1.165) is 42.0 Å². The molecular formula is C15H22BrFN2O. The molecule has 2 rings (SSSR count). The smallest absolute Gasteiger partial charge is 0.124 e. The summed E-state index contributed by atoms with van der Waals surface area (Å²) in [6.45, 7) is 6.10. The van der Waals surface area contributed by atoms with Crippen LogP contribution in [-0.4, -0.2) is 44.4 Å². The van der Waals surface area contributed by atoms with Crippen molar-refractivity contribution in [3.8, 4) is 5.75 Å². The van der Waals surface area contributed by atoms with Gasteiger partial charge in [-0.05, 0) is 31.5 Å². The largest absolute Gasteiger partial charge is 0.494 e. The van der Waals surface area contributed by atoms with Gasteiger partial charge in [0.2, 0.25) is 0 Å². The number of rotatable bonds is 6. The predicted octanol–water partition coefficient (Wildman–Crippen LogP) is 3.15. The van der Waals surface area contributed by atoms with E-state index in [1.54, 1.807) is 0 Å². The molecule has 0 saturated carbocycles. The highest BCUT2D eigenvalue weighted by atomic mass is 79.9. The van der Waals surface area contributed by atoms with Crippen molar-refractivity contribution in [3.63, 3.8) is 0 Å². The van der Waals surface area contributed by atoms with Crippen LogP contribution in [0.1, 0.15) is 24.9 Å². The summed E-state index contributed by atoms with van der Waals surface area (Å²) in [4.78, 5) is 2.35. The molecule has 0 bridgehead atoms. The van der Waals surface area contributed by atoms with Crippen LogP contribution in [0.25, 0.3) is 0 Å². The van der Waals surface area contributed by atoms with Crippen molar-refractivity contribution in [3.05, 3.63) is 28.2 Å². The van der Waals surface area contributed by atoms with Crippen LogP contribution in [0.15, 0.2) is 22.7 Å². The molecule has 1 aromatic rings. The summed E-state index contributed by atoms with van der Waals surface area (Å²) in [5.41, 5.74) is 1.08. The van der Waals surface area contributed by atoms with Crippen LogP contribution in [0, 0.1) is 0 Å². The maximum atomic E-state index is 13.0. The molecule has 1 aliphatic rings. The van der Waals surface area contributed by atoms with Gasteiger partial charge in [-0.15, -0.1) is 0 Å². The van der Waals surface area contributed by atoms with Crippen LogP contribution in [-0.2, 0) is 0 Å². The van der Waals surface area contributed by atoms with Crippen LogP contribution >= 0.6 is 15.9 Å². The van der Waals surface area contributed by atoms with E-state index in [4.69, 9.17) is 4.74 Å². The second-order valence-electron chi connectivity index (χ2n) is 4.89. The number of ether oxygens (including phenoxy) is 1. The third-order valence-electron chi connectivity index (χ3n) is 3.61. The van der Waals surface area contributed by atoms with Crippen LogP contribution in [0.3, 0.4) is 0 Å². The average molecular weight is 345 g/mol. The topological polar surface area (TPSA) is 24.5 Å². The summed E-state index contributed by atoms with van der Waals surface area (Å²) in [6.07, 6.45) is 0.510. The Balaban J connectivity index is 2.28. The van der Waals surface area contributed by atoms with Crippen LogP contribution in [0.5, 0.6) is 5.75 Å². The minimum atomic E-state index is -0.313. The Morgan fingerprint density at radius 3 is 2.80 bits per heavy atom. The molecule has 1 atom stereocenters. The summed E-state index contributed by atoms with van der Waals surface area (Å²) >= 11 is 3.51. The summed E-state index contributed by atoms with van der Waals surface area (Å²) in [5, 5.41) is 3.34. The van der Waals surface area contributed by atoms with E-state index in [1.807, 2.05) is 19.1 Å². The molecule has 1 aromatic carbocycles. The summed E-state index contributed by atoms with van der Waals surface area (Å²) in [6, 6.07) is 6.09. The van der Waals surface area contributed by atoms with E-state index < -0.39 is 0 Å². The first kappa shape index (κ1) is 15.7. The molecule has 0 spiro atoms. The highest BCUT2D eigenvalue weighted by Crippen LogP contribution is 2.34. The number of nitrogens with zero attached hydrogens (tertiary/aromatic N) is 1. The van der Waals surface area contributed by atoms with Gasteiger partial charge in [-0.2, -0.15) is 0 Å². The average Bonchev–Trinajstić information content (AvgIpc) is 2.48. The van der Waals surface area contributed by atoms with E-state index in [2.05, 4.69) is 32.2 Å². The minimum absolute atomic E-state index is 0.0844. The van der Waals surface area contributed by atoms with E-state index in [-0.39, 0.29) is 12.7 Å². The van der Waals surface area contributed by atoms with Crippen LogP contribution in [0.2, 0.25) is 0 Å². The minimum Gasteiger partial charge on any atom is -0.494 e. The lowest BCUT2D eigenvalue weighted by Gasteiger charge is -2.35. The maximum absolute atomic E-state index is 13.0. The molecule has 0 radical (unpaired) electrons. The molecule has 5 heteroatoms. The number of nitrogens with one attached hydrogen (secondary N) is 1. The lowest BCUT2D eigenvalue weighted by Crippen LogP contribution is -2.45. The maximum Gasteiger partial charge on any atom is 0.124 e. The molecular weight excluding hydrogens is 323 g/mol. The van der Waals surface area contributed by atoms with Crippen molar-refractivity contribution in [1.82, 2.24) is 10.2 Å². The van der Waals surface area contributed by atoms with Gasteiger partial charge in [-0.25, -0.2) is 0 Å². The van der Waals surface area contributed by atoms with Crippen molar-refractivity contribution >= 4 is 15.9 Å². The van der Waals surface area contributed by atoms with Gasteiger partial charge < -0.3 is 10.1 Å². The highest BCUT2D eigenvalue weighted by Gasteiger charge is 2.24. The first-order valence-corrected chi connectivity index (χ1v) is 7.98. The summed E-state index contributed by atoms with van der Waals surface area (Å²) < 4.78 is 19.7. The zero-order chi connectivity index (χ0) is 14.4. The standard InChI is InChI=1S/C15H22BrFN2O/c1-2-20-15-4-3-12(16)11-13(15)14(5-6-17)19-9-7-18-8-10-19/h3-4,11,14,18H,2,5-10H2,1H3/t14-/m0/s1. The molecule has 112 valence electrons. The Hall–Kier alpha value is -0.650. The fourth-order valence-electron chi connectivity index (χ4n) is 2.70. The second-order valence-corrected chi connectivity index (χ2v) is 5.81. The van der Waals surface area contributed by atoms with E-state index in [9.17, 15) is 4.39 Å². The lowest BCUT2D eigenvalue weighted by atomic mass is 10.0. The molecule has 1 aliphatic heterocycles. The van der Waals surface area contributed by atoms with Gasteiger partial charge in [0, 0.05) is 42.3 Å². The molecule has 1 saturated heterocycles. The van der Waals surface area contributed by atoms with Gasteiger partial charge in [0.15, 0.2) is 0 Å². The SMILES string of the molecule is CCOc1ccc(Br)cc1[C@H](CCF)N1CCNCC1. The van der Waals surface area contributed by atoms with Gasteiger partial charge >= 0.3 is 0 Å². The second kappa shape index (κ2) is 7.96. The predicted molar refractivity (Wildman–Crippen MR) is 83.1 cm³/mol. The summed E-state index contributed by atoms with van der Waals surface area (Å²) in [5.74, 6) is 0.868. The summed E-state index contributed by atoms with van der Waals surface area (Å²) in [7, 11) is 0. The number of hydrogen-bond acceptors (Lipinski definition) is 3. The van der Waals surface area contributed by atoms with Gasteiger partial charge in [0.1, 0.15) is 5.75 Å². The Labute approximate surface area is 128 Å². The number of piperazine rings is 1. The highest BCUT2D eigenvalue weighted by molar-refractivity contribution is 9.10. The Bertz CT molecular complexity index is 424. The Morgan fingerprint density at radius 1 is 1.40 bits per heavy atom. The first-order chi connectivity index (χ1) is 9.76. The number of alkyl halides is 1. The zero-order valence-corrected chi connectivity index (χ0v) is 13.5. The van der Waals surface area contributed by atoms with Crippen molar-refractivity contribution in [2.75, 3.05) is 39.5 Å². The zero-order valence-electron chi connectivity index (χ0n) is 11.9. The molecule has 1 fully saturated rings. The quantitative estimate of drug-likeness (QED) is 0.857. The van der Waals surface area contributed by atoms with Crippen LogP contribution < -0.4 is 10.1 Å². The monoisotopic (exact) mass is 344 g/mol. The number of benzene rings is 1. The van der Waals surface area contributed by atoms with Crippen molar-refractivity contribution < 1.29 is 9.13 Å². The van der Waals surface area contributed by atoms with Gasteiger partial charge in [-0.3, -0.25) is 9.29 Å². The van der Waals surface area contributed by atoms with E-state index in [1.165, 1.54) is 0 Å². The molecule has 0 aliphatic carbocycles. The van der Waals surface area contributed by atoms with Crippen molar-refractivity contribution in [2.24, 2.45) is 0 Å². The Kier molecular flexibility index (Phi) is 6.26. The normalized spacial score (nSPS) is 17.9. The van der Waals surface area contributed by atoms with Gasteiger partial charge in [0.05, 0.1) is 13.3 Å². The van der Waals surface area contributed by atoms with E-state index in [0.29, 0.717) is 13.0 Å². The Morgan fingerprint density at radius 2 is 2.15 bits per heavy atom. The molecule has 3 nitrogen and oxygen atoms in total. The van der Waals surface area contributed by atoms with Crippen LogP contribution in [0.4, 0.5) is 4.39 Å². The van der Waals surface area contributed by atoms with Gasteiger partial charge in [0.25, 0.3) is 0 Å². The third kappa shape index (κ3) is 3.93. The molecule has 1 N–H and O–H groups in total. The van der Waals surface area contributed by atoms with E-state index >= 15 is 0 Å². The molecule has 1 heterocycles. The molecule has 20 heavy (non-hydrogen) atoms. The molecule has 0 amide bonds. The third-order valence-corrected chi connectivity index (χ3v) is 4.10. The number of hydrogen-bond donors (Lipinski definition) is 1. The van der Waals surface area contributed by atoms with Gasteiger partial charge in [-0.1, -0.05) is 15.9 Å². The molecule has 0 unspecified atom stereocenters. The van der Waals surface area contributed by atoms with Crippen molar-refractivity contribution in [2.45, 2.75) is 19.4 Å². The number of halogens is 2. The molecule has 0 aromatic heterocycles. The van der Waals surface area contributed by atoms with Crippen molar-refractivity contribution in [1.29, 1.82) is 0 Å². The first-order valence-electron chi connectivity index (χ1n) is 7.19. The lowest BCUT2D eigenvalue weighted by molar-refractivity contribution is 0.154. The fourth-order valence-corrected chi connectivity index (χ4v) is 3.08.